The van der Waals surface area contributed by atoms with Crippen molar-refractivity contribution in [1.29, 1.82) is 0 Å². The number of nitrogens with one attached hydrogen (secondary N) is 2. The average molecular weight is 481 g/mol. The van der Waals surface area contributed by atoms with E-state index in [0.717, 1.165) is 22.3 Å². The lowest BCUT2D eigenvalue weighted by atomic mass is 9.77. The van der Waals surface area contributed by atoms with Gasteiger partial charge in [0.1, 0.15) is 18.2 Å². The summed E-state index contributed by atoms with van der Waals surface area (Å²) in [5.41, 5.74) is 3.08. The quantitative estimate of drug-likeness (QED) is 0.531. The van der Waals surface area contributed by atoms with E-state index >= 15 is 0 Å². The number of rotatable bonds is 8. The van der Waals surface area contributed by atoms with Gasteiger partial charge in [-0.3, -0.25) is 4.79 Å². The number of amides is 2. The van der Waals surface area contributed by atoms with Gasteiger partial charge in [0.25, 0.3) is 0 Å². The fraction of sp³-hybridized carbons (Fsp3) is 0.444. The number of ether oxygens (including phenoxy) is 2. The van der Waals surface area contributed by atoms with E-state index in [1.54, 1.807) is 0 Å². The Labute approximate surface area is 205 Å². The predicted molar refractivity (Wildman–Crippen MR) is 130 cm³/mol. The van der Waals surface area contributed by atoms with Gasteiger partial charge in [-0.15, -0.1) is 0 Å². The fourth-order valence-corrected chi connectivity index (χ4v) is 5.10. The molecule has 8 heteroatoms. The van der Waals surface area contributed by atoms with Crippen LogP contribution >= 0.6 is 0 Å². The highest BCUT2D eigenvalue weighted by Crippen LogP contribution is 2.44. The Kier molecular flexibility index (Phi) is 7.40. The zero-order valence-corrected chi connectivity index (χ0v) is 20.1. The lowest BCUT2D eigenvalue weighted by molar-refractivity contribution is -0.150. The lowest BCUT2D eigenvalue weighted by Gasteiger charge is -2.37. The van der Waals surface area contributed by atoms with Gasteiger partial charge in [-0.25, -0.2) is 9.59 Å². The largest absolute Gasteiger partial charge is 0.480 e. The van der Waals surface area contributed by atoms with Gasteiger partial charge in [0, 0.05) is 13.0 Å². The van der Waals surface area contributed by atoms with Crippen LogP contribution in [0.2, 0.25) is 0 Å². The van der Waals surface area contributed by atoms with Crippen molar-refractivity contribution in [2.75, 3.05) is 20.3 Å². The minimum Gasteiger partial charge on any atom is -0.480 e. The second-order valence-corrected chi connectivity index (χ2v) is 9.54. The molecule has 0 unspecified atom stereocenters. The number of carboxylic acids is 1. The Morgan fingerprint density at radius 2 is 1.60 bits per heavy atom. The molecule has 2 aliphatic carbocycles. The maximum absolute atomic E-state index is 13.0. The third kappa shape index (κ3) is 5.17. The van der Waals surface area contributed by atoms with Gasteiger partial charge in [-0.1, -0.05) is 55.5 Å². The first-order valence-electron chi connectivity index (χ1n) is 12.0. The van der Waals surface area contributed by atoms with Crippen LogP contribution in [0, 0.1) is 5.92 Å². The van der Waals surface area contributed by atoms with Crippen LogP contribution in [0.15, 0.2) is 48.5 Å². The highest BCUT2D eigenvalue weighted by Gasteiger charge is 2.43. The molecule has 2 aromatic rings. The molecular formula is C27H32N2O6. The van der Waals surface area contributed by atoms with Gasteiger partial charge >= 0.3 is 12.1 Å². The first-order valence-corrected chi connectivity index (χ1v) is 12.0. The van der Waals surface area contributed by atoms with Gasteiger partial charge in [-0.2, -0.15) is 0 Å². The van der Waals surface area contributed by atoms with E-state index in [2.05, 4.69) is 29.7 Å². The van der Waals surface area contributed by atoms with E-state index < -0.39 is 29.6 Å². The number of fused-ring (bicyclic) bond motifs is 3. The maximum atomic E-state index is 13.0. The highest BCUT2D eigenvalue weighted by atomic mass is 16.5. The minimum absolute atomic E-state index is 0.109. The van der Waals surface area contributed by atoms with Gasteiger partial charge in [0.2, 0.25) is 5.91 Å². The van der Waals surface area contributed by atoms with Crippen molar-refractivity contribution in [2.24, 2.45) is 5.92 Å². The van der Waals surface area contributed by atoms with Crippen molar-refractivity contribution in [1.82, 2.24) is 10.6 Å². The lowest BCUT2D eigenvalue weighted by Crippen LogP contribution is -2.61. The summed E-state index contributed by atoms with van der Waals surface area (Å²) < 4.78 is 10.7. The second-order valence-electron chi connectivity index (χ2n) is 9.54. The molecule has 0 heterocycles. The number of aliphatic carboxylic acids is 1. The molecule has 2 aromatic carbocycles. The van der Waals surface area contributed by atoms with E-state index in [1.165, 1.54) is 7.11 Å². The number of carboxylic acid groups (broad SMARTS) is 1. The molecular weight excluding hydrogens is 448 g/mol. The summed E-state index contributed by atoms with van der Waals surface area (Å²) in [6, 6.07) is 15.0. The number of carbonyl (C=O) groups excluding carboxylic acids is 2. The number of carbonyl (C=O) groups is 3. The van der Waals surface area contributed by atoms with Crippen LogP contribution in [0.25, 0.3) is 11.1 Å². The van der Waals surface area contributed by atoms with Crippen molar-refractivity contribution in [2.45, 2.75) is 50.1 Å². The van der Waals surface area contributed by atoms with Crippen LogP contribution in [-0.2, 0) is 19.1 Å². The number of alkyl carbamates (subject to hydrolysis) is 1. The van der Waals surface area contributed by atoms with E-state index in [4.69, 9.17) is 9.47 Å². The van der Waals surface area contributed by atoms with E-state index in [1.807, 2.05) is 36.4 Å². The zero-order chi connectivity index (χ0) is 25.0. The van der Waals surface area contributed by atoms with Crippen molar-refractivity contribution in [3.05, 3.63) is 59.7 Å². The molecule has 2 amide bonds. The van der Waals surface area contributed by atoms with Gasteiger partial charge in [0.15, 0.2) is 0 Å². The van der Waals surface area contributed by atoms with E-state index in [0.29, 0.717) is 31.6 Å². The molecule has 2 aliphatic rings. The molecule has 35 heavy (non-hydrogen) atoms. The third-order valence-electron chi connectivity index (χ3n) is 7.19. The molecule has 0 bridgehead atoms. The average Bonchev–Trinajstić information content (AvgIpc) is 3.17. The number of hydrogen-bond donors (Lipinski definition) is 3. The minimum atomic E-state index is -1.33. The van der Waals surface area contributed by atoms with Crippen molar-refractivity contribution >= 4 is 18.0 Å². The summed E-state index contributed by atoms with van der Waals surface area (Å²) >= 11 is 0. The normalized spacial score (nSPS) is 21.9. The van der Waals surface area contributed by atoms with Gasteiger partial charge in [-0.05, 0) is 53.9 Å². The number of benzene rings is 2. The Bertz CT molecular complexity index is 1050. The van der Waals surface area contributed by atoms with Crippen LogP contribution in [-0.4, -0.2) is 55.0 Å². The molecule has 0 aliphatic heterocycles. The van der Waals surface area contributed by atoms with E-state index in [-0.39, 0.29) is 19.1 Å². The molecule has 1 fully saturated rings. The highest BCUT2D eigenvalue weighted by molar-refractivity contribution is 5.91. The zero-order valence-electron chi connectivity index (χ0n) is 20.1. The Hall–Kier alpha value is -3.39. The van der Waals surface area contributed by atoms with Gasteiger partial charge < -0.3 is 25.2 Å². The predicted octanol–water partition coefficient (Wildman–Crippen LogP) is 3.69. The van der Waals surface area contributed by atoms with Crippen molar-refractivity contribution in [3.63, 3.8) is 0 Å². The monoisotopic (exact) mass is 480 g/mol. The van der Waals surface area contributed by atoms with Crippen LogP contribution < -0.4 is 10.6 Å². The van der Waals surface area contributed by atoms with Gasteiger partial charge in [0.05, 0.1) is 6.61 Å². The Balaban J connectivity index is 1.40. The maximum Gasteiger partial charge on any atom is 0.407 e. The van der Waals surface area contributed by atoms with Crippen molar-refractivity contribution in [3.8, 4) is 11.1 Å². The molecule has 186 valence electrons. The van der Waals surface area contributed by atoms with Crippen LogP contribution in [0.3, 0.4) is 0 Å². The summed E-state index contributed by atoms with van der Waals surface area (Å²) in [5.74, 6) is -1.36. The van der Waals surface area contributed by atoms with Crippen LogP contribution in [0.1, 0.15) is 49.7 Å². The Morgan fingerprint density at radius 3 is 2.14 bits per heavy atom. The summed E-state index contributed by atoms with van der Waals surface area (Å²) in [5, 5.41) is 15.1. The summed E-state index contributed by atoms with van der Waals surface area (Å²) in [6.07, 6.45) is 1.35. The Morgan fingerprint density at radius 1 is 1.03 bits per heavy atom. The molecule has 1 saturated carbocycles. The fourth-order valence-electron chi connectivity index (χ4n) is 5.10. The molecule has 4 rings (SSSR count). The standard InChI is InChI=1S/C27H32N2O6/c1-17-11-13-27(14-12-17,25(31)32)29-24(30)23(16-34-2)28-26(33)35-15-22-20-9-5-3-7-18(20)19-8-4-6-10-21(19)22/h3-10,17,22-23H,11-16H2,1-2H3,(H,28,33)(H,29,30)(H,31,32)/t17?,23-,27?/m0/s1. The molecule has 0 aromatic heterocycles. The van der Waals surface area contributed by atoms with Crippen LogP contribution in [0.5, 0.6) is 0 Å². The first-order chi connectivity index (χ1) is 16.8. The molecule has 0 saturated heterocycles. The number of methoxy groups -OCH3 is 1. The molecule has 3 N–H and O–H groups in total. The second kappa shape index (κ2) is 10.5. The SMILES string of the molecule is COC[C@H](NC(=O)OCC1c2ccccc2-c2ccccc21)C(=O)NC1(C(=O)O)CCC(C)CC1. The molecule has 1 atom stereocenters. The molecule has 8 nitrogen and oxygen atoms in total. The molecule has 0 spiro atoms. The smallest absolute Gasteiger partial charge is 0.407 e. The summed E-state index contributed by atoms with van der Waals surface area (Å²) in [4.78, 5) is 37.7. The number of hydrogen-bond acceptors (Lipinski definition) is 5. The summed E-state index contributed by atoms with van der Waals surface area (Å²) in [6.45, 7) is 2.07. The summed E-state index contributed by atoms with van der Waals surface area (Å²) in [7, 11) is 1.41. The third-order valence-corrected chi connectivity index (χ3v) is 7.19. The molecule has 0 radical (unpaired) electrons. The first kappa shape index (κ1) is 24.7. The topological polar surface area (TPSA) is 114 Å². The van der Waals surface area contributed by atoms with E-state index in [9.17, 15) is 19.5 Å². The van der Waals surface area contributed by atoms with Crippen molar-refractivity contribution < 1.29 is 29.0 Å². The van der Waals surface area contributed by atoms with Crippen LogP contribution in [0.4, 0.5) is 4.79 Å².